The maximum absolute atomic E-state index is 13.6. The molecule has 0 fully saturated rings. The molecule has 8 heteroatoms. The number of rotatable bonds is 3. The van der Waals surface area contributed by atoms with Crippen molar-refractivity contribution in [3.05, 3.63) is 35.0 Å². The Kier molecular flexibility index (Phi) is 4.71. The van der Waals surface area contributed by atoms with Gasteiger partial charge in [0.25, 0.3) is 5.91 Å². The van der Waals surface area contributed by atoms with Crippen molar-refractivity contribution in [1.82, 2.24) is 5.32 Å². The van der Waals surface area contributed by atoms with Gasteiger partial charge in [-0.15, -0.1) is 11.3 Å². The van der Waals surface area contributed by atoms with E-state index < -0.39 is 29.9 Å². The Morgan fingerprint density at radius 3 is 2.68 bits per heavy atom. The van der Waals surface area contributed by atoms with Gasteiger partial charge in [0.05, 0.1) is 7.11 Å². The third-order valence-electron chi connectivity index (χ3n) is 2.77. The number of alkyl carbamates (subject to hydrolysis) is 1. The molecule has 1 atom stereocenters. The molecular formula is C14H12FNO5S. The molecule has 0 aliphatic carbocycles. The summed E-state index contributed by atoms with van der Waals surface area (Å²) in [6.45, 7) is 1.31. The molecule has 0 aliphatic rings. The van der Waals surface area contributed by atoms with Crippen molar-refractivity contribution in [3.8, 4) is 0 Å². The molecule has 1 heterocycles. The van der Waals surface area contributed by atoms with Crippen LogP contribution in [-0.4, -0.2) is 31.2 Å². The van der Waals surface area contributed by atoms with E-state index in [9.17, 15) is 18.8 Å². The molecule has 1 N–H and O–H groups in total. The smallest absolute Gasteiger partial charge is 0.413 e. The van der Waals surface area contributed by atoms with Crippen LogP contribution in [0.1, 0.15) is 16.6 Å². The number of imide groups is 1. The normalized spacial score (nSPS) is 11.8. The summed E-state index contributed by atoms with van der Waals surface area (Å²) < 4.78 is 23.4. The number of halogens is 1. The van der Waals surface area contributed by atoms with Gasteiger partial charge in [-0.3, -0.25) is 10.1 Å². The van der Waals surface area contributed by atoms with Crippen LogP contribution >= 0.6 is 11.3 Å². The molecule has 0 aliphatic heterocycles. The summed E-state index contributed by atoms with van der Waals surface area (Å²) >= 11 is 1.05. The monoisotopic (exact) mass is 325 g/mol. The van der Waals surface area contributed by atoms with Gasteiger partial charge in [-0.25, -0.2) is 14.0 Å². The number of benzene rings is 1. The molecule has 0 saturated carbocycles. The van der Waals surface area contributed by atoms with Crippen LogP contribution in [0.3, 0.4) is 0 Å². The van der Waals surface area contributed by atoms with E-state index in [2.05, 4.69) is 4.74 Å². The van der Waals surface area contributed by atoms with Gasteiger partial charge < -0.3 is 9.47 Å². The number of carbonyl (C=O) groups is 3. The number of ether oxygens (including phenoxy) is 2. The van der Waals surface area contributed by atoms with Crippen molar-refractivity contribution < 1.29 is 28.2 Å². The maximum Gasteiger partial charge on any atom is 0.413 e. The first kappa shape index (κ1) is 15.9. The molecule has 0 saturated heterocycles. The van der Waals surface area contributed by atoms with Gasteiger partial charge in [-0.1, -0.05) is 6.07 Å². The molecule has 0 spiro atoms. The van der Waals surface area contributed by atoms with Crippen molar-refractivity contribution in [2.24, 2.45) is 0 Å². The van der Waals surface area contributed by atoms with E-state index in [0.717, 1.165) is 18.4 Å². The summed E-state index contributed by atoms with van der Waals surface area (Å²) in [5.41, 5.74) is 0. The number of hydrogen-bond acceptors (Lipinski definition) is 6. The fourth-order valence-electron chi connectivity index (χ4n) is 1.65. The Hall–Kier alpha value is -2.48. The molecule has 1 aromatic heterocycles. The van der Waals surface area contributed by atoms with E-state index in [1.165, 1.54) is 25.1 Å². The highest BCUT2D eigenvalue weighted by molar-refractivity contribution is 7.20. The lowest BCUT2D eigenvalue weighted by Gasteiger charge is -2.11. The minimum absolute atomic E-state index is 0.165. The van der Waals surface area contributed by atoms with Gasteiger partial charge in [-0.05, 0) is 25.1 Å². The molecule has 2 aromatic rings. The number of amides is 2. The molecule has 0 unspecified atom stereocenters. The first-order chi connectivity index (χ1) is 10.4. The third-order valence-corrected chi connectivity index (χ3v) is 3.85. The molecular weight excluding hydrogens is 313 g/mol. The highest BCUT2D eigenvalue weighted by Gasteiger charge is 2.22. The Morgan fingerprint density at radius 1 is 1.32 bits per heavy atom. The van der Waals surface area contributed by atoms with Crippen LogP contribution in [-0.2, 0) is 14.3 Å². The predicted molar refractivity (Wildman–Crippen MR) is 77.2 cm³/mol. The third kappa shape index (κ3) is 3.40. The zero-order valence-electron chi connectivity index (χ0n) is 11.7. The summed E-state index contributed by atoms with van der Waals surface area (Å²) in [4.78, 5) is 34.6. The first-order valence-corrected chi connectivity index (χ1v) is 7.02. The van der Waals surface area contributed by atoms with Crippen molar-refractivity contribution >= 4 is 39.4 Å². The van der Waals surface area contributed by atoms with Gasteiger partial charge in [0, 0.05) is 10.1 Å². The average molecular weight is 325 g/mol. The zero-order chi connectivity index (χ0) is 16.3. The summed E-state index contributed by atoms with van der Waals surface area (Å²) in [7, 11) is 1.10. The topological polar surface area (TPSA) is 81.7 Å². The van der Waals surface area contributed by atoms with Crippen molar-refractivity contribution in [2.75, 3.05) is 7.11 Å². The van der Waals surface area contributed by atoms with E-state index in [1.54, 1.807) is 6.07 Å². The largest absolute Gasteiger partial charge is 0.453 e. The van der Waals surface area contributed by atoms with Crippen LogP contribution in [0.5, 0.6) is 0 Å². The van der Waals surface area contributed by atoms with Crippen molar-refractivity contribution in [2.45, 2.75) is 13.0 Å². The fraction of sp³-hybridized carbons (Fsp3) is 0.214. The Bertz CT molecular complexity index is 742. The summed E-state index contributed by atoms with van der Waals surface area (Å²) in [6.07, 6.45) is -2.14. The van der Waals surface area contributed by atoms with Gasteiger partial charge in [0.15, 0.2) is 6.10 Å². The van der Waals surface area contributed by atoms with Gasteiger partial charge in [0.2, 0.25) is 0 Å². The van der Waals surface area contributed by atoms with Crippen LogP contribution < -0.4 is 5.32 Å². The first-order valence-electron chi connectivity index (χ1n) is 6.20. The summed E-state index contributed by atoms with van der Waals surface area (Å²) in [6, 6.07) is 5.86. The number of hydrogen-bond donors (Lipinski definition) is 1. The second-order valence-corrected chi connectivity index (χ2v) is 5.37. The van der Waals surface area contributed by atoms with E-state index in [-0.39, 0.29) is 4.88 Å². The Morgan fingerprint density at radius 2 is 2.05 bits per heavy atom. The standard InChI is InChI=1S/C14H12FNO5S/c1-7(12(17)16-14(19)20-2)21-13(18)11-6-8-9(15)4-3-5-10(8)22-11/h3-7H,1-2H3,(H,16,17,19)/t7-/m0/s1. The van der Waals surface area contributed by atoms with Crippen molar-refractivity contribution in [1.29, 1.82) is 0 Å². The SMILES string of the molecule is COC(=O)NC(=O)[C@H](C)OC(=O)c1cc2c(F)cccc2s1. The molecule has 1 aromatic carbocycles. The lowest BCUT2D eigenvalue weighted by Crippen LogP contribution is -2.39. The van der Waals surface area contributed by atoms with Gasteiger partial charge in [0.1, 0.15) is 10.7 Å². The Labute approximate surface area is 128 Å². The van der Waals surface area contributed by atoms with Gasteiger partial charge >= 0.3 is 12.1 Å². The quantitative estimate of drug-likeness (QED) is 0.877. The van der Waals surface area contributed by atoms with Crippen LogP contribution in [0.15, 0.2) is 24.3 Å². The van der Waals surface area contributed by atoms with E-state index in [1.807, 2.05) is 5.32 Å². The highest BCUT2D eigenvalue weighted by atomic mass is 32.1. The number of methoxy groups -OCH3 is 1. The molecule has 0 bridgehead atoms. The number of esters is 1. The lowest BCUT2D eigenvalue weighted by atomic mass is 10.2. The second-order valence-electron chi connectivity index (χ2n) is 4.29. The highest BCUT2D eigenvalue weighted by Crippen LogP contribution is 2.28. The van der Waals surface area contributed by atoms with Crippen LogP contribution in [0.2, 0.25) is 0 Å². The average Bonchev–Trinajstić information content (AvgIpc) is 2.92. The molecule has 22 heavy (non-hydrogen) atoms. The van der Waals surface area contributed by atoms with Crippen molar-refractivity contribution in [3.63, 3.8) is 0 Å². The van der Waals surface area contributed by atoms with Crippen LogP contribution in [0.25, 0.3) is 10.1 Å². The minimum Gasteiger partial charge on any atom is -0.453 e. The molecule has 0 radical (unpaired) electrons. The summed E-state index contributed by atoms with van der Waals surface area (Å²) in [5.74, 6) is -2.02. The lowest BCUT2D eigenvalue weighted by molar-refractivity contribution is -0.128. The number of fused-ring (bicyclic) bond motifs is 1. The second kappa shape index (κ2) is 6.52. The number of carbonyl (C=O) groups excluding carboxylic acids is 3. The van der Waals surface area contributed by atoms with E-state index in [4.69, 9.17) is 4.74 Å². The van der Waals surface area contributed by atoms with E-state index in [0.29, 0.717) is 10.1 Å². The van der Waals surface area contributed by atoms with Crippen LogP contribution in [0, 0.1) is 5.82 Å². The number of nitrogens with one attached hydrogen (secondary N) is 1. The molecule has 116 valence electrons. The molecule has 6 nitrogen and oxygen atoms in total. The maximum atomic E-state index is 13.6. The van der Waals surface area contributed by atoms with Crippen LogP contribution in [0.4, 0.5) is 9.18 Å². The predicted octanol–water partition coefficient (Wildman–Crippen LogP) is 2.47. The number of thiophene rings is 1. The molecule has 2 rings (SSSR count). The molecule has 2 amide bonds. The minimum atomic E-state index is -1.19. The fourth-order valence-corrected chi connectivity index (χ4v) is 2.61. The summed E-state index contributed by atoms with van der Waals surface area (Å²) in [5, 5.41) is 2.20. The zero-order valence-corrected chi connectivity index (χ0v) is 12.5. The Balaban J connectivity index is 2.09. The van der Waals surface area contributed by atoms with E-state index >= 15 is 0 Å². The van der Waals surface area contributed by atoms with Gasteiger partial charge in [-0.2, -0.15) is 0 Å².